The second-order valence-corrected chi connectivity index (χ2v) is 6.45. The molecule has 1 aliphatic rings. The van der Waals surface area contributed by atoms with Gasteiger partial charge in [-0.15, -0.1) is 11.3 Å². The lowest BCUT2D eigenvalue weighted by Crippen LogP contribution is -2.38. The molecule has 0 amide bonds. The number of hydrogen-bond acceptors (Lipinski definition) is 3. The first-order chi connectivity index (χ1) is 7.58. The third-order valence-electron chi connectivity index (χ3n) is 3.72. The molecular weight excluding hydrogens is 216 g/mol. The van der Waals surface area contributed by atoms with Crippen LogP contribution in [-0.2, 0) is 0 Å². The van der Waals surface area contributed by atoms with Crippen LogP contribution in [0.1, 0.15) is 54.7 Å². The van der Waals surface area contributed by atoms with Crippen LogP contribution in [0, 0.1) is 19.8 Å². The highest BCUT2D eigenvalue weighted by Crippen LogP contribution is 2.31. The molecule has 1 aromatic rings. The molecule has 2 unspecified atom stereocenters. The third kappa shape index (κ3) is 2.46. The molecule has 1 aromatic heterocycles. The number of thiazole rings is 1. The average Bonchev–Trinajstić information content (AvgIpc) is 2.41. The Hall–Kier alpha value is -0.410. The normalized spacial score (nSPS) is 20.5. The minimum Gasteiger partial charge on any atom is -0.306 e. The fourth-order valence-electron chi connectivity index (χ4n) is 2.50. The molecular formula is C13H22N2S. The van der Waals surface area contributed by atoms with E-state index in [9.17, 15) is 0 Å². The molecule has 16 heavy (non-hydrogen) atoms. The SMILES string of the molecule is Cc1nc(C(C)NC(C)C2CCC2)c(C)s1. The summed E-state index contributed by atoms with van der Waals surface area (Å²) in [5.41, 5.74) is 1.24. The molecule has 0 spiro atoms. The maximum absolute atomic E-state index is 4.62. The summed E-state index contributed by atoms with van der Waals surface area (Å²) >= 11 is 1.80. The Bertz CT molecular complexity index is 355. The Morgan fingerprint density at radius 2 is 2.00 bits per heavy atom. The van der Waals surface area contributed by atoms with Gasteiger partial charge in [-0.2, -0.15) is 0 Å². The highest BCUT2D eigenvalue weighted by atomic mass is 32.1. The van der Waals surface area contributed by atoms with E-state index in [0.29, 0.717) is 12.1 Å². The zero-order valence-electron chi connectivity index (χ0n) is 10.7. The first kappa shape index (κ1) is 12.1. The van der Waals surface area contributed by atoms with Crippen LogP contribution in [-0.4, -0.2) is 11.0 Å². The maximum atomic E-state index is 4.62. The van der Waals surface area contributed by atoms with E-state index in [2.05, 4.69) is 38.0 Å². The molecule has 2 nitrogen and oxygen atoms in total. The van der Waals surface area contributed by atoms with Crippen LogP contribution in [0.2, 0.25) is 0 Å². The standard InChI is InChI=1S/C13H22N2S/c1-8(12-6-5-7-12)14-9(2)13-10(3)16-11(4)15-13/h8-9,12,14H,5-7H2,1-4H3. The number of hydrogen-bond donors (Lipinski definition) is 1. The molecule has 90 valence electrons. The van der Waals surface area contributed by atoms with Crippen LogP contribution in [0.4, 0.5) is 0 Å². The summed E-state index contributed by atoms with van der Waals surface area (Å²) in [6.45, 7) is 8.81. The van der Waals surface area contributed by atoms with Crippen molar-refractivity contribution in [2.75, 3.05) is 0 Å². The highest BCUT2D eigenvalue weighted by Gasteiger charge is 2.25. The van der Waals surface area contributed by atoms with Gasteiger partial charge in [0.1, 0.15) is 0 Å². The number of aromatic nitrogens is 1. The molecule has 0 radical (unpaired) electrons. The second-order valence-electron chi connectivity index (χ2n) is 5.04. The van der Waals surface area contributed by atoms with Crippen molar-refractivity contribution in [2.45, 2.75) is 59.0 Å². The van der Waals surface area contributed by atoms with E-state index in [0.717, 1.165) is 5.92 Å². The van der Waals surface area contributed by atoms with E-state index >= 15 is 0 Å². The van der Waals surface area contributed by atoms with Crippen molar-refractivity contribution < 1.29 is 0 Å². The summed E-state index contributed by atoms with van der Waals surface area (Å²) in [4.78, 5) is 5.98. The van der Waals surface area contributed by atoms with Gasteiger partial charge in [-0.25, -0.2) is 4.98 Å². The molecule has 1 heterocycles. The largest absolute Gasteiger partial charge is 0.306 e. The van der Waals surface area contributed by atoms with Gasteiger partial charge in [0.15, 0.2) is 0 Å². The summed E-state index contributed by atoms with van der Waals surface area (Å²) < 4.78 is 0. The van der Waals surface area contributed by atoms with E-state index in [1.165, 1.54) is 34.8 Å². The van der Waals surface area contributed by atoms with Crippen molar-refractivity contribution >= 4 is 11.3 Å². The van der Waals surface area contributed by atoms with Crippen molar-refractivity contribution in [3.63, 3.8) is 0 Å². The lowest BCUT2D eigenvalue weighted by Gasteiger charge is -2.33. The first-order valence-corrected chi connectivity index (χ1v) is 7.09. The molecule has 3 heteroatoms. The Labute approximate surface area is 102 Å². The van der Waals surface area contributed by atoms with Crippen molar-refractivity contribution in [2.24, 2.45) is 5.92 Å². The molecule has 2 rings (SSSR count). The van der Waals surface area contributed by atoms with Gasteiger partial charge in [-0.05, 0) is 46.5 Å². The fourth-order valence-corrected chi connectivity index (χ4v) is 3.41. The molecule has 1 fully saturated rings. The van der Waals surface area contributed by atoms with E-state index in [1.807, 2.05) is 0 Å². The van der Waals surface area contributed by atoms with Crippen molar-refractivity contribution in [3.05, 3.63) is 15.6 Å². The predicted octanol–water partition coefficient (Wildman–Crippen LogP) is 3.60. The molecule has 0 aromatic carbocycles. The topological polar surface area (TPSA) is 24.9 Å². The van der Waals surface area contributed by atoms with Gasteiger partial charge in [0, 0.05) is 17.0 Å². The molecule has 2 atom stereocenters. The fraction of sp³-hybridized carbons (Fsp3) is 0.769. The summed E-state index contributed by atoms with van der Waals surface area (Å²) in [6.07, 6.45) is 4.21. The minimum absolute atomic E-state index is 0.389. The Balaban J connectivity index is 1.96. The van der Waals surface area contributed by atoms with E-state index in [-0.39, 0.29) is 0 Å². The van der Waals surface area contributed by atoms with Crippen LogP contribution >= 0.6 is 11.3 Å². The summed E-state index contributed by atoms with van der Waals surface area (Å²) in [7, 11) is 0. The number of nitrogens with zero attached hydrogens (tertiary/aromatic N) is 1. The monoisotopic (exact) mass is 238 g/mol. The lowest BCUT2D eigenvalue weighted by atomic mass is 9.80. The lowest BCUT2D eigenvalue weighted by molar-refractivity contribution is 0.229. The van der Waals surface area contributed by atoms with Crippen LogP contribution in [0.5, 0.6) is 0 Å². The van der Waals surface area contributed by atoms with E-state index < -0.39 is 0 Å². The summed E-state index contributed by atoms with van der Waals surface area (Å²) in [6, 6.07) is 1.02. The molecule has 0 saturated heterocycles. The van der Waals surface area contributed by atoms with Gasteiger partial charge in [-0.3, -0.25) is 0 Å². The van der Waals surface area contributed by atoms with Crippen LogP contribution < -0.4 is 5.32 Å². The predicted molar refractivity (Wildman–Crippen MR) is 69.9 cm³/mol. The molecule has 1 aliphatic carbocycles. The zero-order valence-corrected chi connectivity index (χ0v) is 11.5. The minimum atomic E-state index is 0.389. The van der Waals surface area contributed by atoms with Crippen LogP contribution in [0.3, 0.4) is 0 Å². The Morgan fingerprint density at radius 1 is 1.31 bits per heavy atom. The van der Waals surface area contributed by atoms with E-state index in [1.54, 1.807) is 11.3 Å². The van der Waals surface area contributed by atoms with Gasteiger partial charge >= 0.3 is 0 Å². The highest BCUT2D eigenvalue weighted by molar-refractivity contribution is 7.11. The average molecular weight is 238 g/mol. The number of nitrogens with one attached hydrogen (secondary N) is 1. The molecule has 0 aliphatic heterocycles. The van der Waals surface area contributed by atoms with Gasteiger partial charge in [0.25, 0.3) is 0 Å². The smallest absolute Gasteiger partial charge is 0.0900 e. The van der Waals surface area contributed by atoms with Gasteiger partial charge in [0.05, 0.1) is 10.7 Å². The quantitative estimate of drug-likeness (QED) is 0.867. The van der Waals surface area contributed by atoms with Crippen molar-refractivity contribution in [3.8, 4) is 0 Å². The Kier molecular flexibility index (Phi) is 3.65. The summed E-state index contributed by atoms with van der Waals surface area (Å²) in [5.74, 6) is 0.891. The molecule has 0 bridgehead atoms. The number of aryl methyl sites for hydroxylation is 2. The van der Waals surface area contributed by atoms with Crippen LogP contribution in [0.25, 0.3) is 0 Å². The zero-order chi connectivity index (χ0) is 11.7. The number of rotatable bonds is 4. The third-order valence-corrected chi connectivity index (χ3v) is 4.62. The van der Waals surface area contributed by atoms with E-state index in [4.69, 9.17) is 0 Å². The molecule has 1 saturated carbocycles. The van der Waals surface area contributed by atoms with Crippen molar-refractivity contribution in [1.29, 1.82) is 0 Å². The maximum Gasteiger partial charge on any atom is 0.0900 e. The van der Waals surface area contributed by atoms with Gasteiger partial charge in [-0.1, -0.05) is 6.42 Å². The second kappa shape index (κ2) is 4.84. The van der Waals surface area contributed by atoms with Gasteiger partial charge < -0.3 is 5.32 Å². The van der Waals surface area contributed by atoms with Gasteiger partial charge in [0.2, 0.25) is 0 Å². The first-order valence-electron chi connectivity index (χ1n) is 6.28. The summed E-state index contributed by atoms with van der Waals surface area (Å²) in [5, 5.41) is 4.87. The molecule has 1 N–H and O–H groups in total. The Morgan fingerprint density at radius 3 is 2.44 bits per heavy atom. The van der Waals surface area contributed by atoms with Crippen LogP contribution in [0.15, 0.2) is 0 Å². The van der Waals surface area contributed by atoms with Crippen molar-refractivity contribution in [1.82, 2.24) is 10.3 Å².